The molecule has 43 heavy (non-hydrogen) atoms. The van der Waals surface area contributed by atoms with Crippen LogP contribution < -0.4 is 31.1 Å². The number of hydrogen-bond donors (Lipinski definition) is 0. The summed E-state index contributed by atoms with van der Waals surface area (Å²) in [4.78, 5) is 0. The zero-order chi connectivity index (χ0) is 29.6. The number of benzene rings is 6. The zero-order valence-electron chi connectivity index (χ0n) is 25.6. The van der Waals surface area contributed by atoms with Gasteiger partial charge in [-0.1, -0.05) is 170 Å². The van der Waals surface area contributed by atoms with Gasteiger partial charge in [-0.05, 0) is 73.6 Å². The predicted molar refractivity (Wildman–Crippen MR) is 191 cm³/mol. The fourth-order valence-corrected chi connectivity index (χ4v) is 15.6. The molecule has 0 fully saturated rings. The summed E-state index contributed by atoms with van der Waals surface area (Å²) >= 11 is 0. The third-order valence-corrected chi connectivity index (χ3v) is 18.9. The third-order valence-electron chi connectivity index (χ3n) is 9.91. The van der Waals surface area contributed by atoms with E-state index in [2.05, 4.69) is 173 Å². The molecule has 6 aromatic carbocycles. The van der Waals surface area contributed by atoms with Crippen LogP contribution >= 0.6 is 0 Å². The van der Waals surface area contributed by atoms with Gasteiger partial charge in [0.2, 0.25) is 0 Å². The molecule has 0 nitrogen and oxygen atoms in total. The summed E-state index contributed by atoms with van der Waals surface area (Å²) in [7, 11) is -4.60. The number of fused-ring (bicyclic) bond motifs is 3. The molecule has 0 aromatic heterocycles. The average molecular weight is 587 g/mol. The van der Waals surface area contributed by atoms with Gasteiger partial charge in [-0.15, -0.1) is 0 Å². The highest BCUT2D eigenvalue weighted by molar-refractivity contribution is 7.11. The van der Waals surface area contributed by atoms with E-state index < -0.39 is 16.1 Å². The standard InChI is InChI=1S/C41H38Si2/c1-30-25-36-37-26-31(2)28-41(43(4,34-21-13-7-14-22-34)35-23-15-8-16-24-35)39(37)29-38(36)40(27-30)42(3,32-17-9-5-10-18-32)33-19-11-6-12-20-33/h5-28H,29H2,1-4H3. The lowest BCUT2D eigenvalue weighted by molar-refractivity contribution is 1.28. The Morgan fingerprint density at radius 1 is 0.395 bits per heavy atom. The van der Waals surface area contributed by atoms with Crippen LogP contribution in [0.15, 0.2) is 146 Å². The summed E-state index contributed by atoms with van der Waals surface area (Å²) in [5.74, 6) is 0. The van der Waals surface area contributed by atoms with Crippen molar-refractivity contribution in [2.24, 2.45) is 0 Å². The van der Waals surface area contributed by atoms with E-state index >= 15 is 0 Å². The maximum atomic E-state index is 2.56. The Balaban J connectivity index is 1.50. The largest absolute Gasteiger partial charge is 0.145 e. The molecule has 0 aliphatic heterocycles. The number of aryl methyl sites for hydroxylation is 2. The van der Waals surface area contributed by atoms with Gasteiger partial charge in [0.15, 0.2) is 0 Å². The number of hydrogen-bond acceptors (Lipinski definition) is 0. The molecule has 0 bridgehead atoms. The molecule has 2 heteroatoms. The van der Waals surface area contributed by atoms with Gasteiger partial charge in [-0.3, -0.25) is 0 Å². The second kappa shape index (κ2) is 10.8. The van der Waals surface area contributed by atoms with E-state index in [1.165, 1.54) is 54.1 Å². The molecule has 0 spiro atoms. The monoisotopic (exact) mass is 586 g/mol. The first-order chi connectivity index (χ1) is 20.9. The van der Waals surface area contributed by atoms with Crippen LogP contribution in [0.4, 0.5) is 0 Å². The van der Waals surface area contributed by atoms with Crippen LogP contribution in [-0.4, -0.2) is 16.1 Å². The molecule has 210 valence electrons. The molecule has 0 atom stereocenters. The summed E-state index contributed by atoms with van der Waals surface area (Å²) in [6.45, 7) is 9.70. The van der Waals surface area contributed by atoms with Gasteiger partial charge in [0.05, 0.1) is 0 Å². The molecule has 0 saturated heterocycles. The van der Waals surface area contributed by atoms with Gasteiger partial charge in [-0.2, -0.15) is 0 Å². The Hall–Kier alpha value is -4.25. The highest BCUT2D eigenvalue weighted by atomic mass is 28.3. The molecule has 1 aliphatic carbocycles. The normalized spacial score (nSPS) is 12.6. The smallest absolute Gasteiger partial charge is 0.0624 e. The van der Waals surface area contributed by atoms with Crippen molar-refractivity contribution in [3.8, 4) is 11.1 Å². The summed E-state index contributed by atoms with van der Waals surface area (Å²) < 4.78 is 0. The van der Waals surface area contributed by atoms with E-state index in [1.807, 2.05) is 0 Å². The Morgan fingerprint density at radius 2 is 0.674 bits per heavy atom. The van der Waals surface area contributed by atoms with Crippen molar-refractivity contribution in [3.63, 3.8) is 0 Å². The van der Waals surface area contributed by atoms with Crippen molar-refractivity contribution in [3.05, 3.63) is 168 Å². The second-order valence-electron chi connectivity index (χ2n) is 12.6. The van der Waals surface area contributed by atoms with E-state index in [-0.39, 0.29) is 0 Å². The van der Waals surface area contributed by atoms with Gasteiger partial charge in [-0.25, -0.2) is 0 Å². The number of rotatable bonds is 6. The average Bonchev–Trinajstić information content (AvgIpc) is 3.42. The lowest BCUT2D eigenvalue weighted by Crippen LogP contribution is -2.66. The van der Waals surface area contributed by atoms with Crippen LogP contribution in [0.25, 0.3) is 11.1 Å². The van der Waals surface area contributed by atoms with Crippen LogP contribution in [0.2, 0.25) is 13.1 Å². The van der Waals surface area contributed by atoms with Crippen molar-refractivity contribution in [2.45, 2.75) is 33.4 Å². The molecule has 0 N–H and O–H groups in total. The minimum atomic E-state index is -2.30. The molecule has 6 aromatic rings. The lowest BCUT2D eigenvalue weighted by Gasteiger charge is -2.32. The van der Waals surface area contributed by atoms with Crippen molar-refractivity contribution < 1.29 is 0 Å². The summed E-state index contributed by atoms with van der Waals surface area (Å²) in [6, 6.07) is 55.2. The minimum Gasteiger partial charge on any atom is -0.0624 e. The van der Waals surface area contributed by atoms with Crippen LogP contribution in [0.5, 0.6) is 0 Å². The Kier molecular flexibility index (Phi) is 6.92. The first kappa shape index (κ1) is 27.6. The van der Waals surface area contributed by atoms with Crippen LogP contribution in [0.3, 0.4) is 0 Å². The van der Waals surface area contributed by atoms with Crippen LogP contribution in [0, 0.1) is 13.8 Å². The SMILES string of the molecule is Cc1cc2c(c([Si](C)(c3ccccc3)c3ccccc3)c1)Cc1c-2cc(C)cc1[Si](C)(c1ccccc1)c1ccccc1. The minimum absolute atomic E-state index is 0.987. The molecule has 0 heterocycles. The van der Waals surface area contributed by atoms with Crippen molar-refractivity contribution in [1.82, 2.24) is 0 Å². The van der Waals surface area contributed by atoms with Gasteiger partial charge in [0.1, 0.15) is 16.1 Å². The Labute approximate surface area is 258 Å². The van der Waals surface area contributed by atoms with Crippen molar-refractivity contribution >= 4 is 47.3 Å². The topological polar surface area (TPSA) is 0 Å². The van der Waals surface area contributed by atoms with Crippen LogP contribution in [0.1, 0.15) is 22.3 Å². The van der Waals surface area contributed by atoms with Crippen LogP contribution in [-0.2, 0) is 6.42 Å². The molecule has 7 rings (SSSR count). The summed E-state index contributed by atoms with van der Waals surface area (Å²) in [5.41, 5.74) is 8.65. The highest BCUT2D eigenvalue weighted by Crippen LogP contribution is 2.38. The van der Waals surface area contributed by atoms with Gasteiger partial charge < -0.3 is 0 Å². The second-order valence-corrected chi connectivity index (χ2v) is 20.5. The zero-order valence-corrected chi connectivity index (χ0v) is 27.6. The highest BCUT2D eigenvalue weighted by Gasteiger charge is 2.42. The van der Waals surface area contributed by atoms with E-state index in [0.717, 1.165) is 6.42 Å². The quantitative estimate of drug-likeness (QED) is 0.164. The first-order valence-electron chi connectivity index (χ1n) is 15.4. The van der Waals surface area contributed by atoms with Gasteiger partial charge in [0.25, 0.3) is 0 Å². The molecule has 0 saturated carbocycles. The molecule has 0 unspecified atom stereocenters. The maximum Gasteiger partial charge on any atom is 0.145 e. The lowest BCUT2D eigenvalue weighted by atomic mass is 10.0. The third kappa shape index (κ3) is 4.48. The fraction of sp³-hybridized carbons (Fsp3) is 0.122. The van der Waals surface area contributed by atoms with E-state index in [9.17, 15) is 0 Å². The van der Waals surface area contributed by atoms with Crippen molar-refractivity contribution in [2.75, 3.05) is 0 Å². The molecule has 0 amide bonds. The van der Waals surface area contributed by atoms with Gasteiger partial charge in [0, 0.05) is 0 Å². The predicted octanol–water partition coefficient (Wildman–Crippen LogP) is 6.07. The summed E-state index contributed by atoms with van der Waals surface area (Å²) in [5, 5.41) is 8.98. The van der Waals surface area contributed by atoms with Crippen molar-refractivity contribution in [1.29, 1.82) is 0 Å². The van der Waals surface area contributed by atoms with E-state index in [0.29, 0.717) is 0 Å². The molecule has 0 radical (unpaired) electrons. The molecular weight excluding hydrogens is 549 g/mol. The Morgan fingerprint density at radius 3 is 0.953 bits per heavy atom. The van der Waals surface area contributed by atoms with E-state index in [1.54, 1.807) is 10.4 Å². The molecule has 1 aliphatic rings. The first-order valence-corrected chi connectivity index (χ1v) is 20.4. The Bertz CT molecular complexity index is 1690. The van der Waals surface area contributed by atoms with Gasteiger partial charge >= 0.3 is 0 Å². The maximum absolute atomic E-state index is 2.56. The fourth-order valence-electron chi connectivity index (χ4n) is 7.60. The molecular formula is C41H38Si2. The summed E-state index contributed by atoms with van der Waals surface area (Å²) in [6.07, 6.45) is 0.987. The van der Waals surface area contributed by atoms with E-state index in [4.69, 9.17) is 0 Å².